The highest BCUT2D eigenvalue weighted by Crippen LogP contribution is 2.16. The van der Waals surface area contributed by atoms with Crippen molar-refractivity contribution in [3.63, 3.8) is 0 Å². The molecule has 1 aliphatic rings. The Morgan fingerprint density at radius 2 is 2.30 bits per heavy atom. The van der Waals surface area contributed by atoms with Crippen molar-refractivity contribution in [1.29, 1.82) is 0 Å². The summed E-state index contributed by atoms with van der Waals surface area (Å²) in [6.07, 6.45) is 1.05. The van der Waals surface area contributed by atoms with Crippen LogP contribution in [-0.2, 0) is 9.59 Å². The Morgan fingerprint density at radius 1 is 1.55 bits per heavy atom. The average Bonchev–Trinajstić information content (AvgIpc) is 2.40. The van der Waals surface area contributed by atoms with E-state index in [1.807, 2.05) is 0 Å². The Labute approximate surface area is 123 Å². The van der Waals surface area contributed by atoms with E-state index in [4.69, 9.17) is 5.11 Å². The van der Waals surface area contributed by atoms with Gasteiger partial charge in [-0.2, -0.15) is 0 Å². The number of piperazine rings is 1. The van der Waals surface area contributed by atoms with Gasteiger partial charge in [-0.05, 0) is 28.1 Å². The SMILES string of the molecule is O=C(O)CC1C(=O)NCCN1C(=O)c1ccnc(Br)c1. The monoisotopic (exact) mass is 341 g/mol. The summed E-state index contributed by atoms with van der Waals surface area (Å²) in [6, 6.07) is 2.07. The molecule has 0 radical (unpaired) electrons. The molecule has 20 heavy (non-hydrogen) atoms. The van der Waals surface area contributed by atoms with E-state index in [-0.39, 0.29) is 12.5 Å². The molecule has 2 N–H and O–H groups in total. The van der Waals surface area contributed by atoms with Gasteiger partial charge < -0.3 is 15.3 Å². The number of carboxylic acids is 1. The first-order chi connectivity index (χ1) is 9.49. The number of carboxylic acid groups (broad SMARTS) is 1. The summed E-state index contributed by atoms with van der Waals surface area (Å²) in [5.74, 6) is -1.95. The van der Waals surface area contributed by atoms with E-state index in [0.717, 1.165) is 0 Å². The van der Waals surface area contributed by atoms with E-state index in [1.165, 1.54) is 23.2 Å². The molecule has 7 nitrogen and oxygen atoms in total. The van der Waals surface area contributed by atoms with Crippen LogP contribution in [0, 0.1) is 0 Å². The fourth-order valence-corrected chi connectivity index (χ4v) is 2.39. The van der Waals surface area contributed by atoms with Crippen LogP contribution in [0.1, 0.15) is 16.8 Å². The Bertz CT molecular complexity index is 563. The van der Waals surface area contributed by atoms with E-state index in [9.17, 15) is 14.4 Å². The van der Waals surface area contributed by atoms with Crippen molar-refractivity contribution in [3.8, 4) is 0 Å². The zero-order valence-electron chi connectivity index (χ0n) is 10.4. The first kappa shape index (κ1) is 14.4. The highest BCUT2D eigenvalue weighted by molar-refractivity contribution is 9.10. The lowest BCUT2D eigenvalue weighted by molar-refractivity contribution is -0.142. The zero-order chi connectivity index (χ0) is 14.7. The van der Waals surface area contributed by atoms with Crippen LogP contribution in [-0.4, -0.2) is 51.9 Å². The van der Waals surface area contributed by atoms with Crippen molar-refractivity contribution in [2.24, 2.45) is 0 Å². The molecule has 1 atom stereocenters. The molecule has 2 rings (SSSR count). The molecule has 1 unspecified atom stereocenters. The van der Waals surface area contributed by atoms with Gasteiger partial charge in [-0.3, -0.25) is 14.4 Å². The number of rotatable bonds is 3. The summed E-state index contributed by atoms with van der Waals surface area (Å²) < 4.78 is 0.500. The third-order valence-electron chi connectivity index (χ3n) is 2.93. The van der Waals surface area contributed by atoms with Gasteiger partial charge in [0.05, 0.1) is 6.42 Å². The van der Waals surface area contributed by atoms with E-state index in [2.05, 4.69) is 26.2 Å². The third kappa shape index (κ3) is 3.13. The Kier molecular flexibility index (Phi) is 4.33. The quantitative estimate of drug-likeness (QED) is 0.768. The van der Waals surface area contributed by atoms with Crippen molar-refractivity contribution >= 4 is 33.7 Å². The fraction of sp³-hybridized carbons (Fsp3) is 0.333. The van der Waals surface area contributed by atoms with Crippen molar-refractivity contribution in [2.45, 2.75) is 12.5 Å². The van der Waals surface area contributed by atoms with Crippen molar-refractivity contribution in [1.82, 2.24) is 15.2 Å². The molecule has 1 aromatic rings. The molecule has 1 aromatic heterocycles. The van der Waals surface area contributed by atoms with Crippen LogP contribution < -0.4 is 5.32 Å². The number of aliphatic carboxylic acids is 1. The first-order valence-corrected chi connectivity index (χ1v) is 6.70. The van der Waals surface area contributed by atoms with E-state index < -0.39 is 24.3 Å². The summed E-state index contributed by atoms with van der Waals surface area (Å²) in [6.45, 7) is 0.593. The number of nitrogens with zero attached hydrogens (tertiary/aromatic N) is 2. The molecule has 1 saturated heterocycles. The molecule has 0 aromatic carbocycles. The van der Waals surface area contributed by atoms with E-state index in [0.29, 0.717) is 16.7 Å². The second kappa shape index (κ2) is 6.00. The molecular weight excluding hydrogens is 330 g/mol. The molecular formula is C12H12BrN3O4. The molecule has 0 bridgehead atoms. The number of carbonyl (C=O) groups excluding carboxylic acids is 2. The smallest absolute Gasteiger partial charge is 0.305 e. The summed E-state index contributed by atoms with van der Waals surface area (Å²) in [5, 5.41) is 11.4. The van der Waals surface area contributed by atoms with Gasteiger partial charge in [0.2, 0.25) is 5.91 Å². The maximum absolute atomic E-state index is 12.4. The number of hydrogen-bond acceptors (Lipinski definition) is 4. The zero-order valence-corrected chi connectivity index (χ0v) is 12.0. The van der Waals surface area contributed by atoms with Crippen LogP contribution in [0.15, 0.2) is 22.9 Å². The van der Waals surface area contributed by atoms with Gasteiger partial charge in [-0.15, -0.1) is 0 Å². The Morgan fingerprint density at radius 3 is 2.95 bits per heavy atom. The van der Waals surface area contributed by atoms with Crippen molar-refractivity contribution in [2.75, 3.05) is 13.1 Å². The van der Waals surface area contributed by atoms with Gasteiger partial charge in [-0.1, -0.05) is 0 Å². The summed E-state index contributed by atoms with van der Waals surface area (Å²) in [5.41, 5.74) is 0.358. The van der Waals surface area contributed by atoms with Crippen LogP contribution in [0.4, 0.5) is 0 Å². The maximum Gasteiger partial charge on any atom is 0.305 e. The lowest BCUT2D eigenvalue weighted by Crippen LogP contribution is -2.57. The number of hydrogen-bond donors (Lipinski definition) is 2. The third-order valence-corrected chi connectivity index (χ3v) is 3.37. The van der Waals surface area contributed by atoms with Crippen LogP contribution >= 0.6 is 15.9 Å². The van der Waals surface area contributed by atoms with Crippen molar-refractivity contribution in [3.05, 3.63) is 28.5 Å². The maximum atomic E-state index is 12.4. The van der Waals surface area contributed by atoms with E-state index in [1.54, 1.807) is 0 Å². The van der Waals surface area contributed by atoms with E-state index >= 15 is 0 Å². The normalized spacial score (nSPS) is 18.6. The summed E-state index contributed by atoms with van der Waals surface area (Å²) >= 11 is 3.17. The minimum Gasteiger partial charge on any atom is -0.481 e. The number of amides is 2. The highest BCUT2D eigenvalue weighted by Gasteiger charge is 2.35. The highest BCUT2D eigenvalue weighted by atomic mass is 79.9. The van der Waals surface area contributed by atoms with Crippen LogP contribution in [0.2, 0.25) is 0 Å². The molecule has 8 heteroatoms. The molecule has 1 aliphatic heterocycles. The average molecular weight is 342 g/mol. The molecule has 2 amide bonds. The van der Waals surface area contributed by atoms with Crippen LogP contribution in [0.5, 0.6) is 0 Å². The molecule has 106 valence electrons. The predicted molar refractivity (Wildman–Crippen MR) is 72.0 cm³/mol. The number of pyridine rings is 1. The van der Waals surface area contributed by atoms with Crippen LogP contribution in [0.25, 0.3) is 0 Å². The Hall–Kier alpha value is -1.96. The number of aromatic nitrogens is 1. The molecule has 2 heterocycles. The first-order valence-electron chi connectivity index (χ1n) is 5.91. The molecule has 0 spiro atoms. The minimum atomic E-state index is -1.12. The summed E-state index contributed by atoms with van der Waals surface area (Å²) in [7, 11) is 0. The number of halogens is 1. The summed E-state index contributed by atoms with van der Waals surface area (Å²) in [4.78, 5) is 40.2. The molecule has 1 fully saturated rings. The lowest BCUT2D eigenvalue weighted by Gasteiger charge is -2.34. The number of carbonyl (C=O) groups is 3. The standard InChI is InChI=1S/C12H12BrN3O4/c13-9-5-7(1-2-14-9)12(20)16-4-3-15-11(19)8(16)6-10(17)18/h1-2,5,8H,3-4,6H2,(H,15,19)(H,17,18). The second-order valence-corrected chi connectivity index (χ2v) is 5.08. The largest absolute Gasteiger partial charge is 0.481 e. The second-order valence-electron chi connectivity index (χ2n) is 4.27. The van der Waals surface area contributed by atoms with Gasteiger partial charge in [0.25, 0.3) is 5.91 Å². The molecule has 0 aliphatic carbocycles. The topological polar surface area (TPSA) is 99.6 Å². The predicted octanol–water partition coefficient (Wildman–Crippen LogP) is 0.259. The molecule has 0 saturated carbocycles. The number of nitrogens with one attached hydrogen (secondary N) is 1. The van der Waals surface area contributed by atoms with Crippen molar-refractivity contribution < 1.29 is 19.5 Å². The van der Waals surface area contributed by atoms with Gasteiger partial charge in [0.1, 0.15) is 10.6 Å². The van der Waals surface area contributed by atoms with Gasteiger partial charge in [-0.25, -0.2) is 4.98 Å². The minimum absolute atomic E-state index is 0.280. The van der Waals surface area contributed by atoms with Gasteiger partial charge >= 0.3 is 5.97 Å². The van der Waals surface area contributed by atoms with Crippen LogP contribution in [0.3, 0.4) is 0 Å². The lowest BCUT2D eigenvalue weighted by atomic mass is 10.1. The Balaban J connectivity index is 2.25. The fourth-order valence-electron chi connectivity index (χ4n) is 2.03. The van der Waals surface area contributed by atoms with Gasteiger partial charge in [0, 0.05) is 24.8 Å². The van der Waals surface area contributed by atoms with Gasteiger partial charge in [0.15, 0.2) is 0 Å².